The molecule has 0 spiro atoms. The first-order valence-corrected chi connectivity index (χ1v) is 7.73. The van der Waals surface area contributed by atoms with E-state index in [-0.39, 0.29) is 10.6 Å². The maximum absolute atomic E-state index is 12.0. The van der Waals surface area contributed by atoms with Crippen LogP contribution in [0.1, 0.15) is 15.9 Å². The lowest BCUT2D eigenvalue weighted by molar-refractivity contribution is -0.119. The number of hydrogen-bond acceptors (Lipinski definition) is 4. The summed E-state index contributed by atoms with van der Waals surface area (Å²) in [6.45, 7) is 1.43. The Hall–Kier alpha value is -2.24. The van der Waals surface area contributed by atoms with Crippen LogP contribution in [-0.4, -0.2) is 25.6 Å². The number of esters is 1. The highest BCUT2D eigenvalue weighted by Crippen LogP contribution is 2.25. The Balaban J connectivity index is 2.00. The van der Waals surface area contributed by atoms with Crippen LogP contribution in [0.2, 0.25) is 10.0 Å². The van der Waals surface area contributed by atoms with Gasteiger partial charge in [-0.15, -0.1) is 0 Å². The lowest BCUT2D eigenvalue weighted by Crippen LogP contribution is -2.21. The molecule has 1 amide bonds. The zero-order valence-corrected chi connectivity index (χ0v) is 14.6. The minimum atomic E-state index is -0.728. The molecule has 0 fully saturated rings. The second kappa shape index (κ2) is 8.04. The SMILES string of the molecule is COc1ccc(C)cc1NC(=O)COC(=O)c1cc(Cl)ccc1Cl. The van der Waals surface area contributed by atoms with Crippen molar-refractivity contribution in [2.75, 3.05) is 19.0 Å². The van der Waals surface area contributed by atoms with Gasteiger partial charge < -0.3 is 14.8 Å². The molecular formula is C17H15Cl2NO4. The first kappa shape index (κ1) is 18.1. The molecule has 7 heteroatoms. The first-order chi connectivity index (χ1) is 11.4. The zero-order valence-electron chi connectivity index (χ0n) is 13.1. The molecular weight excluding hydrogens is 353 g/mol. The minimum Gasteiger partial charge on any atom is -0.495 e. The number of ether oxygens (including phenoxy) is 2. The van der Waals surface area contributed by atoms with Gasteiger partial charge in [0, 0.05) is 5.02 Å². The number of amides is 1. The van der Waals surface area contributed by atoms with E-state index in [0.29, 0.717) is 16.5 Å². The van der Waals surface area contributed by atoms with E-state index in [4.69, 9.17) is 32.7 Å². The lowest BCUT2D eigenvalue weighted by Gasteiger charge is -2.11. The molecule has 2 rings (SSSR count). The highest BCUT2D eigenvalue weighted by atomic mass is 35.5. The molecule has 0 unspecified atom stereocenters. The van der Waals surface area contributed by atoms with E-state index >= 15 is 0 Å². The number of methoxy groups -OCH3 is 1. The third-order valence-electron chi connectivity index (χ3n) is 3.11. The summed E-state index contributed by atoms with van der Waals surface area (Å²) in [6, 6.07) is 9.77. The topological polar surface area (TPSA) is 64.6 Å². The number of carbonyl (C=O) groups is 2. The van der Waals surface area contributed by atoms with Gasteiger partial charge in [0.05, 0.1) is 23.4 Å². The molecule has 24 heavy (non-hydrogen) atoms. The van der Waals surface area contributed by atoms with Crippen molar-refractivity contribution in [2.24, 2.45) is 0 Å². The summed E-state index contributed by atoms with van der Waals surface area (Å²) in [4.78, 5) is 24.0. The van der Waals surface area contributed by atoms with Crippen LogP contribution in [0.5, 0.6) is 5.75 Å². The Morgan fingerprint density at radius 1 is 1.12 bits per heavy atom. The normalized spacial score (nSPS) is 10.2. The Morgan fingerprint density at radius 2 is 1.88 bits per heavy atom. The van der Waals surface area contributed by atoms with Gasteiger partial charge in [0.2, 0.25) is 0 Å². The molecule has 0 atom stereocenters. The third-order valence-corrected chi connectivity index (χ3v) is 3.68. The van der Waals surface area contributed by atoms with Gasteiger partial charge in [-0.05, 0) is 42.8 Å². The van der Waals surface area contributed by atoms with Crippen LogP contribution in [0.15, 0.2) is 36.4 Å². The van der Waals surface area contributed by atoms with Crippen LogP contribution in [0.4, 0.5) is 5.69 Å². The van der Waals surface area contributed by atoms with Gasteiger partial charge >= 0.3 is 5.97 Å². The van der Waals surface area contributed by atoms with E-state index in [0.717, 1.165) is 5.56 Å². The number of halogens is 2. The van der Waals surface area contributed by atoms with E-state index in [1.165, 1.54) is 19.2 Å². The van der Waals surface area contributed by atoms with Gasteiger partial charge in [-0.2, -0.15) is 0 Å². The Bertz CT molecular complexity index is 777. The predicted octanol–water partition coefficient (Wildman–Crippen LogP) is 4.11. The quantitative estimate of drug-likeness (QED) is 0.807. The highest BCUT2D eigenvalue weighted by molar-refractivity contribution is 6.35. The summed E-state index contributed by atoms with van der Waals surface area (Å²) in [5.74, 6) is -0.711. The molecule has 5 nitrogen and oxygen atoms in total. The number of hydrogen-bond donors (Lipinski definition) is 1. The van der Waals surface area contributed by atoms with Gasteiger partial charge in [-0.1, -0.05) is 29.3 Å². The maximum Gasteiger partial charge on any atom is 0.340 e. The van der Waals surface area contributed by atoms with E-state index in [1.54, 1.807) is 18.2 Å². The van der Waals surface area contributed by atoms with Gasteiger partial charge in [-0.3, -0.25) is 4.79 Å². The standard InChI is InChI=1S/C17H15Cl2NO4/c1-10-3-6-15(23-2)14(7-10)20-16(21)9-24-17(22)12-8-11(18)4-5-13(12)19/h3-8H,9H2,1-2H3,(H,20,21). The molecule has 0 bridgehead atoms. The monoisotopic (exact) mass is 367 g/mol. The molecule has 2 aromatic carbocycles. The number of aryl methyl sites for hydroxylation is 1. The second-order valence-corrected chi connectivity index (χ2v) is 5.80. The fraction of sp³-hybridized carbons (Fsp3) is 0.176. The molecule has 0 aliphatic rings. The molecule has 0 aliphatic carbocycles. The van der Waals surface area contributed by atoms with E-state index in [1.807, 2.05) is 13.0 Å². The molecule has 0 aliphatic heterocycles. The van der Waals surface area contributed by atoms with Crippen molar-refractivity contribution in [2.45, 2.75) is 6.92 Å². The van der Waals surface area contributed by atoms with E-state index in [9.17, 15) is 9.59 Å². The van der Waals surface area contributed by atoms with Gasteiger partial charge in [0.25, 0.3) is 5.91 Å². The van der Waals surface area contributed by atoms with Crippen molar-refractivity contribution in [1.29, 1.82) is 0 Å². The van der Waals surface area contributed by atoms with Crippen molar-refractivity contribution in [3.05, 3.63) is 57.6 Å². The van der Waals surface area contributed by atoms with Crippen LogP contribution in [-0.2, 0) is 9.53 Å². The molecule has 0 aromatic heterocycles. The fourth-order valence-corrected chi connectivity index (χ4v) is 2.34. The molecule has 2 aromatic rings. The number of nitrogens with one attached hydrogen (secondary N) is 1. The number of benzene rings is 2. The Kier molecular flexibility index (Phi) is 6.06. The molecule has 126 valence electrons. The largest absolute Gasteiger partial charge is 0.495 e. The second-order valence-electron chi connectivity index (χ2n) is 4.95. The van der Waals surface area contributed by atoms with Crippen molar-refractivity contribution in [3.63, 3.8) is 0 Å². The molecule has 1 N–H and O–H groups in total. The lowest BCUT2D eigenvalue weighted by atomic mass is 10.2. The minimum absolute atomic E-state index is 0.102. The molecule has 0 saturated carbocycles. The first-order valence-electron chi connectivity index (χ1n) is 6.97. The van der Waals surface area contributed by atoms with Crippen LogP contribution in [0.3, 0.4) is 0 Å². The summed E-state index contributed by atoms with van der Waals surface area (Å²) in [6.07, 6.45) is 0. The van der Waals surface area contributed by atoms with Crippen LogP contribution < -0.4 is 10.1 Å². The van der Waals surface area contributed by atoms with Gasteiger partial charge in [0.1, 0.15) is 5.75 Å². The van der Waals surface area contributed by atoms with Gasteiger partial charge in [-0.25, -0.2) is 4.79 Å². The summed E-state index contributed by atoms with van der Waals surface area (Å²) in [5.41, 5.74) is 1.55. The zero-order chi connectivity index (χ0) is 17.7. The number of rotatable bonds is 5. The van der Waals surface area contributed by atoms with Crippen LogP contribution in [0, 0.1) is 6.92 Å². The maximum atomic E-state index is 12.0. The summed E-state index contributed by atoms with van der Waals surface area (Å²) in [7, 11) is 1.50. The Morgan fingerprint density at radius 3 is 2.58 bits per heavy atom. The van der Waals surface area contributed by atoms with Gasteiger partial charge in [0.15, 0.2) is 6.61 Å². The smallest absolute Gasteiger partial charge is 0.340 e. The summed E-state index contributed by atoms with van der Waals surface area (Å²) < 4.78 is 10.1. The molecule has 0 saturated heterocycles. The molecule has 0 radical (unpaired) electrons. The van der Waals surface area contributed by atoms with Crippen LogP contribution in [0.25, 0.3) is 0 Å². The average molecular weight is 368 g/mol. The highest BCUT2D eigenvalue weighted by Gasteiger charge is 2.15. The summed E-state index contributed by atoms with van der Waals surface area (Å²) >= 11 is 11.7. The number of carbonyl (C=O) groups excluding carboxylic acids is 2. The van der Waals surface area contributed by atoms with Crippen molar-refractivity contribution in [1.82, 2.24) is 0 Å². The van der Waals surface area contributed by atoms with Crippen molar-refractivity contribution < 1.29 is 19.1 Å². The van der Waals surface area contributed by atoms with Crippen molar-refractivity contribution >= 4 is 40.8 Å². The van der Waals surface area contributed by atoms with Crippen LogP contribution >= 0.6 is 23.2 Å². The molecule has 0 heterocycles. The van der Waals surface area contributed by atoms with Crippen molar-refractivity contribution in [3.8, 4) is 5.75 Å². The predicted molar refractivity (Wildman–Crippen MR) is 93.1 cm³/mol. The van der Waals surface area contributed by atoms with E-state index in [2.05, 4.69) is 5.32 Å². The Labute approximate surface area is 149 Å². The number of anilines is 1. The average Bonchev–Trinajstić information content (AvgIpc) is 2.55. The van der Waals surface area contributed by atoms with E-state index < -0.39 is 18.5 Å². The third kappa shape index (κ3) is 4.63. The summed E-state index contributed by atoms with van der Waals surface area (Å²) in [5, 5.41) is 3.18. The fourth-order valence-electron chi connectivity index (χ4n) is 1.97.